The molecule has 4 rings (SSSR count). The van der Waals surface area contributed by atoms with Gasteiger partial charge in [0.2, 0.25) is 10.0 Å². The van der Waals surface area contributed by atoms with E-state index in [4.69, 9.17) is 0 Å². The van der Waals surface area contributed by atoms with Crippen LogP contribution in [0.5, 0.6) is 0 Å². The van der Waals surface area contributed by atoms with Gasteiger partial charge in [0.1, 0.15) is 0 Å². The van der Waals surface area contributed by atoms with Crippen LogP contribution in [0.3, 0.4) is 0 Å². The van der Waals surface area contributed by atoms with Gasteiger partial charge in [-0.15, -0.1) is 0 Å². The Balaban J connectivity index is 1.78. The Hall–Kier alpha value is -1.66. The van der Waals surface area contributed by atoms with Gasteiger partial charge in [0.25, 0.3) is 0 Å². The van der Waals surface area contributed by atoms with Crippen LogP contribution in [-0.2, 0) is 22.9 Å². The average molecular weight is 375 g/mol. The van der Waals surface area contributed by atoms with Crippen LogP contribution in [0.25, 0.3) is 10.9 Å². The van der Waals surface area contributed by atoms with Crippen LogP contribution in [0.15, 0.2) is 17.0 Å². The van der Waals surface area contributed by atoms with Crippen LogP contribution in [0.4, 0.5) is 0 Å². The van der Waals surface area contributed by atoms with Gasteiger partial charge in [-0.2, -0.15) is 0 Å². The fourth-order valence-electron chi connectivity index (χ4n) is 4.41. The molecule has 0 spiro atoms. The van der Waals surface area contributed by atoms with Gasteiger partial charge >= 0.3 is 0 Å². The first-order valence-corrected chi connectivity index (χ1v) is 11.2. The Morgan fingerprint density at radius 3 is 2.62 bits per heavy atom. The molecule has 0 atom stereocenters. The van der Waals surface area contributed by atoms with Crippen LogP contribution < -0.4 is 4.72 Å². The molecule has 0 unspecified atom stereocenters. The second-order valence-electron chi connectivity index (χ2n) is 7.57. The maximum atomic E-state index is 13.0. The molecule has 2 N–H and O–H groups in total. The highest BCUT2D eigenvalue weighted by atomic mass is 32.2. The van der Waals surface area contributed by atoms with Gasteiger partial charge in [-0.05, 0) is 49.8 Å². The molecule has 0 radical (unpaired) electrons. The molecule has 5 nitrogen and oxygen atoms in total. The van der Waals surface area contributed by atoms with E-state index in [0.717, 1.165) is 66.2 Å². The van der Waals surface area contributed by atoms with Crippen molar-refractivity contribution in [3.05, 3.63) is 29.0 Å². The zero-order valence-electron chi connectivity index (χ0n) is 15.2. The number of benzene rings is 1. The molecule has 0 bridgehead atoms. The van der Waals surface area contributed by atoms with Crippen LogP contribution in [-0.4, -0.2) is 25.2 Å². The number of fused-ring (bicyclic) bond motifs is 3. The first kappa shape index (κ1) is 17.7. The number of Topliss-reactive ketones (excluding diaryl/α,β-unsaturated/α-hetero) is 1. The van der Waals surface area contributed by atoms with E-state index < -0.39 is 10.0 Å². The third-order valence-corrected chi connectivity index (χ3v) is 7.37. The van der Waals surface area contributed by atoms with E-state index in [1.165, 1.54) is 6.42 Å². The molecular weight excluding hydrogens is 348 g/mol. The summed E-state index contributed by atoms with van der Waals surface area (Å²) in [6.45, 7) is 1.96. The maximum Gasteiger partial charge on any atom is 0.241 e. The van der Waals surface area contributed by atoms with E-state index in [2.05, 4.69) is 9.71 Å². The quantitative estimate of drug-likeness (QED) is 0.853. The van der Waals surface area contributed by atoms with Crippen molar-refractivity contribution in [2.45, 2.75) is 75.6 Å². The first-order chi connectivity index (χ1) is 12.5. The summed E-state index contributed by atoms with van der Waals surface area (Å²) in [6, 6.07) is 3.67. The summed E-state index contributed by atoms with van der Waals surface area (Å²) in [5.41, 5.74) is 3.26. The lowest BCUT2D eigenvalue weighted by Crippen LogP contribution is -2.36. The van der Waals surface area contributed by atoms with Crippen molar-refractivity contribution < 1.29 is 13.2 Å². The summed E-state index contributed by atoms with van der Waals surface area (Å²) in [5, 5.41) is 0.873. The lowest BCUT2D eigenvalue weighted by molar-refractivity contribution is 0.0974. The number of carbonyl (C=O) groups excluding carboxylic acids is 1. The topological polar surface area (TPSA) is 79.0 Å². The number of hydrogen-bond donors (Lipinski definition) is 2. The third-order valence-electron chi connectivity index (χ3n) is 5.76. The van der Waals surface area contributed by atoms with E-state index in [-0.39, 0.29) is 11.8 Å². The lowest BCUT2D eigenvalue weighted by atomic mass is 9.94. The zero-order chi connectivity index (χ0) is 18.3. The second kappa shape index (κ2) is 6.82. The number of nitrogens with one attached hydrogen (secondary N) is 2. The standard InChI is InChI=1S/C20H26N2O3S/c1-2-13-11-15-17(21-16-9-6-10-18(23)20(15)16)12-19(13)26(24,25)22-14-7-4-3-5-8-14/h11-12,14,21-22H,2-10H2,1H3. The Labute approximate surface area is 154 Å². The van der Waals surface area contributed by atoms with E-state index in [1.54, 1.807) is 6.07 Å². The molecule has 0 amide bonds. The molecule has 2 aromatic rings. The smallest absolute Gasteiger partial charge is 0.241 e. The Bertz CT molecular complexity index is 953. The van der Waals surface area contributed by atoms with Crippen molar-refractivity contribution in [3.8, 4) is 0 Å². The van der Waals surface area contributed by atoms with E-state index in [9.17, 15) is 13.2 Å². The first-order valence-electron chi connectivity index (χ1n) is 9.72. The molecule has 1 aromatic carbocycles. The van der Waals surface area contributed by atoms with Crippen molar-refractivity contribution >= 4 is 26.7 Å². The summed E-state index contributed by atoms with van der Waals surface area (Å²) in [7, 11) is -3.56. The Morgan fingerprint density at radius 1 is 1.12 bits per heavy atom. The fraction of sp³-hybridized carbons (Fsp3) is 0.550. The van der Waals surface area contributed by atoms with Gasteiger partial charge in [-0.25, -0.2) is 13.1 Å². The molecule has 6 heteroatoms. The van der Waals surface area contributed by atoms with E-state index in [1.807, 2.05) is 13.0 Å². The SMILES string of the molecule is CCc1cc2c3c([nH]c2cc1S(=O)(=O)NC1CCCCC1)CCCC3=O. The van der Waals surface area contributed by atoms with Gasteiger partial charge in [-0.3, -0.25) is 4.79 Å². The molecular formula is C20H26N2O3S. The van der Waals surface area contributed by atoms with Gasteiger partial charge < -0.3 is 4.98 Å². The maximum absolute atomic E-state index is 13.0. The van der Waals surface area contributed by atoms with Crippen LogP contribution >= 0.6 is 0 Å². The second-order valence-corrected chi connectivity index (χ2v) is 9.25. The molecule has 1 aromatic heterocycles. The van der Waals surface area contributed by atoms with E-state index >= 15 is 0 Å². The van der Waals surface area contributed by atoms with Gasteiger partial charge in [-0.1, -0.05) is 26.2 Å². The minimum absolute atomic E-state index is 0.0348. The number of aromatic nitrogens is 1. The number of ketones is 1. The molecule has 140 valence electrons. The predicted molar refractivity (Wildman–Crippen MR) is 102 cm³/mol. The average Bonchev–Trinajstić information content (AvgIpc) is 3.00. The molecule has 26 heavy (non-hydrogen) atoms. The van der Waals surface area contributed by atoms with E-state index in [0.29, 0.717) is 17.7 Å². The molecule has 1 saturated carbocycles. The number of aryl methyl sites for hydroxylation is 2. The number of sulfonamides is 1. The van der Waals surface area contributed by atoms with Crippen molar-refractivity contribution in [2.24, 2.45) is 0 Å². The highest BCUT2D eigenvalue weighted by molar-refractivity contribution is 7.89. The lowest BCUT2D eigenvalue weighted by Gasteiger charge is -2.23. The minimum Gasteiger partial charge on any atom is -0.358 e. The zero-order valence-corrected chi connectivity index (χ0v) is 16.0. The third kappa shape index (κ3) is 3.09. The van der Waals surface area contributed by atoms with Gasteiger partial charge in [0.15, 0.2) is 5.78 Å². The molecule has 2 aliphatic carbocycles. The van der Waals surface area contributed by atoms with Crippen LogP contribution in [0, 0.1) is 0 Å². The summed E-state index contributed by atoms with van der Waals surface area (Å²) in [5.74, 6) is 0.162. The summed E-state index contributed by atoms with van der Waals surface area (Å²) < 4.78 is 29.0. The largest absolute Gasteiger partial charge is 0.358 e. The van der Waals surface area contributed by atoms with Crippen molar-refractivity contribution in [1.82, 2.24) is 9.71 Å². The van der Waals surface area contributed by atoms with Crippen molar-refractivity contribution in [1.29, 1.82) is 0 Å². The normalized spacial score (nSPS) is 19.0. The van der Waals surface area contributed by atoms with Crippen molar-refractivity contribution in [3.63, 3.8) is 0 Å². The number of H-pyrrole nitrogens is 1. The monoisotopic (exact) mass is 374 g/mol. The van der Waals surface area contributed by atoms with Gasteiger partial charge in [0.05, 0.1) is 4.90 Å². The molecule has 1 fully saturated rings. The number of hydrogen-bond acceptors (Lipinski definition) is 3. The number of carbonyl (C=O) groups is 1. The highest BCUT2D eigenvalue weighted by Gasteiger charge is 2.27. The molecule has 0 aliphatic heterocycles. The minimum atomic E-state index is -3.56. The highest BCUT2D eigenvalue weighted by Crippen LogP contribution is 2.33. The van der Waals surface area contributed by atoms with Crippen LogP contribution in [0.1, 0.15) is 73.5 Å². The molecule has 2 aliphatic rings. The predicted octanol–water partition coefficient (Wildman–Crippen LogP) is 3.86. The van der Waals surface area contributed by atoms with Crippen LogP contribution in [0.2, 0.25) is 0 Å². The number of rotatable bonds is 4. The van der Waals surface area contributed by atoms with Crippen molar-refractivity contribution in [2.75, 3.05) is 0 Å². The van der Waals surface area contributed by atoms with Gasteiger partial charge in [0, 0.05) is 34.6 Å². The fourth-order valence-corrected chi connectivity index (χ4v) is 6.03. The Morgan fingerprint density at radius 2 is 1.88 bits per heavy atom. The summed E-state index contributed by atoms with van der Waals surface area (Å²) in [6.07, 6.45) is 8.06. The number of aromatic amines is 1. The molecule has 0 saturated heterocycles. The summed E-state index contributed by atoms with van der Waals surface area (Å²) >= 11 is 0. The molecule has 1 heterocycles. The Kier molecular flexibility index (Phi) is 4.65. The summed E-state index contributed by atoms with van der Waals surface area (Å²) in [4.78, 5) is 16.0.